The maximum Gasteiger partial charge on any atom is 0.177 e. The molecule has 0 aliphatic carbocycles. The second kappa shape index (κ2) is 3.18. The van der Waals surface area contributed by atoms with E-state index in [1.54, 1.807) is 0 Å². The average Bonchev–Trinajstić information content (AvgIpc) is 2.28. The van der Waals surface area contributed by atoms with Crippen LogP contribution in [0.15, 0.2) is 10.9 Å². The van der Waals surface area contributed by atoms with Crippen molar-refractivity contribution in [2.45, 2.75) is 13.0 Å². The van der Waals surface area contributed by atoms with Crippen LogP contribution in [0.5, 0.6) is 0 Å². The van der Waals surface area contributed by atoms with Crippen molar-refractivity contribution in [2.75, 3.05) is 20.1 Å². The van der Waals surface area contributed by atoms with Crippen LogP contribution in [0.3, 0.4) is 0 Å². The maximum absolute atomic E-state index is 4.23. The molecule has 1 aliphatic rings. The van der Waals surface area contributed by atoms with Crippen LogP contribution in [0.2, 0.25) is 0 Å². The SMILES string of the molecule is CN1CCc2cnc(Br)n2CC1. The van der Waals surface area contributed by atoms with Crippen LogP contribution < -0.4 is 0 Å². The number of nitrogens with zero attached hydrogens (tertiary/aromatic N) is 3. The summed E-state index contributed by atoms with van der Waals surface area (Å²) in [5.74, 6) is 0. The van der Waals surface area contributed by atoms with Gasteiger partial charge in [0, 0.05) is 37.9 Å². The minimum atomic E-state index is 0.966. The molecule has 0 bridgehead atoms. The zero-order valence-electron chi connectivity index (χ0n) is 7.13. The molecule has 3 nitrogen and oxygen atoms in total. The Morgan fingerprint density at radius 1 is 1.42 bits per heavy atom. The highest BCUT2D eigenvalue weighted by atomic mass is 79.9. The van der Waals surface area contributed by atoms with Crippen LogP contribution >= 0.6 is 15.9 Å². The monoisotopic (exact) mass is 229 g/mol. The van der Waals surface area contributed by atoms with Gasteiger partial charge in [0.25, 0.3) is 0 Å². The number of hydrogen-bond donors (Lipinski definition) is 0. The summed E-state index contributed by atoms with van der Waals surface area (Å²) in [6.45, 7) is 3.30. The summed E-state index contributed by atoms with van der Waals surface area (Å²) in [4.78, 5) is 6.57. The average molecular weight is 230 g/mol. The second-order valence-corrected chi connectivity index (χ2v) is 3.93. The molecule has 0 saturated heterocycles. The van der Waals surface area contributed by atoms with E-state index in [4.69, 9.17) is 0 Å². The zero-order valence-corrected chi connectivity index (χ0v) is 8.71. The zero-order chi connectivity index (χ0) is 8.55. The maximum atomic E-state index is 4.23. The molecule has 2 heterocycles. The summed E-state index contributed by atoms with van der Waals surface area (Å²) in [6, 6.07) is 0. The molecule has 0 atom stereocenters. The Bertz CT molecular complexity index is 282. The molecule has 2 rings (SSSR count). The van der Waals surface area contributed by atoms with Gasteiger partial charge in [-0.05, 0) is 23.0 Å². The predicted molar refractivity (Wildman–Crippen MR) is 51.1 cm³/mol. The lowest BCUT2D eigenvalue weighted by Crippen LogP contribution is -2.21. The van der Waals surface area contributed by atoms with E-state index >= 15 is 0 Å². The van der Waals surface area contributed by atoms with Gasteiger partial charge in [-0.2, -0.15) is 0 Å². The van der Waals surface area contributed by atoms with Crippen molar-refractivity contribution in [3.8, 4) is 0 Å². The van der Waals surface area contributed by atoms with Crippen molar-refractivity contribution in [1.82, 2.24) is 14.5 Å². The van der Waals surface area contributed by atoms with Gasteiger partial charge in [0.05, 0.1) is 0 Å². The fourth-order valence-corrected chi connectivity index (χ4v) is 2.02. The van der Waals surface area contributed by atoms with Crippen molar-refractivity contribution >= 4 is 15.9 Å². The molecule has 0 radical (unpaired) electrons. The molecule has 0 N–H and O–H groups in total. The Labute approximate surface area is 80.5 Å². The van der Waals surface area contributed by atoms with Crippen molar-refractivity contribution < 1.29 is 0 Å². The van der Waals surface area contributed by atoms with Crippen LogP contribution in [0.4, 0.5) is 0 Å². The molecule has 1 aliphatic heterocycles. The Kier molecular flexibility index (Phi) is 2.19. The molecular weight excluding hydrogens is 218 g/mol. The quantitative estimate of drug-likeness (QED) is 0.666. The molecule has 12 heavy (non-hydrogen) atoms. The highest BCUT2D eigenvalue weighted by Crippen LogP contribution is 2.14. The largest absolute Gasteiger partial charge is 0.321 e. The third-order valence-corrected chi connectivity index (χ3v) is 2.98. The van der Waals surface area contributed by atoms with Crippen LogP contribution in [0.1, 0.15) is 5.69 Å². The fraction of sp³-hybridized carbons (Fsp3) is 0.625. The highest BCUT2D eigenvalue weighted by molar-refractivity contribution is 9.10. The van der Waals surface area contributed by atoms with Gasteiger partial charge in [-0.1, -0.05) is 0 Å². The molecule has 0 fully saturated rings. The van der Waals surface area contributed by atoms with Gasteiger partial charge in [0.15, 0.2) is 4.73 Å². The van der Waals surface area contributed by atoms with E-state index in [1.807, 2.05) is 6.20 Å². The molecule has 0 amide bonds. The van der Waals surface area contributed by atoms with Gasteiger partial charge in [0.2, 0.25) is 0 Å². The van der Waals surface area contributed by atoms with E-state index in [-0.39, 0.29) is 0 Å². The number of fused-ring (bicyclic) bond motifs is 1. The molecule has 4 heteroatoms. The third-order valence-electron chi connectivity index (χ3n) is 2.34. The second-order valence-electron chi connectivity index (χ2n) is 3.22. The van der Waals surface area contributed by atoms with Gasteiger partial charge in [-0.25, -0.2) is 4.98 Å². The molecule has 0 unspecified atom stereocenters. The lowest BCUT2D eigenvalue weighted by molar-refractivity contribution is 0.340. The summed E-state index contributed by atoms with van der Waals surface area (Å²) in [5.41, 5.74) is 1.34. The number of likely N-dealkylation sites (N-methyl/N-ethyl adjacent to an activating group) is 1. The van der Waals surface area contributed by atoms with Gasteiger partial charge < -0.3 is 9.47 Å². The van der Waals surface area contributed by atoms with E-state index in [0.29, 0.717) is 0 Å². The van der Waals surface area contributed by atoms with Crippen molar-refractivity contribution in [2.24, 2.45) is 0 Å². The van der Waals surface area contributed by atoms with E-state index in [2.05, 4.69) is 37.4 Å². The van der Waals surface area contributed by atoms with E-state index in [9.17, 15) is 0 Å². The molecule has 1 aromatic rings. The smallest absolute Gasteiger partial charge is 0.177 e. The molecule has 0 saturated carbocycles. The number of aromatic nitrogens is 2. The minimum absolute atomic E-state index is 0.966. The topological polar surface area (TPSA) is 21.1 Å². The third kappa shape index (κ3) is 1.41. The summed E-state index contributed by atoms with van der Waals surface area (Å²) in [7, 11) is 2.16. The summed E-state index contributed by atoms with van der Waals surface area (Å²) in [5, 5.41) is 0. The first-order valence-electron chi connectivity index (χ1n) is 4.16. The number of halogens is 1. The Morgan fingerprint density at radius 2 is 2.25 bits per heavy atom. The Morgan fingerprint density at radius 3 is 3.08 bits per heavy atom. The first-order chi connectivity index (χ1) is 5.77. The van der Waals surface area contributed by atoms with Gasteiger partial charge in [0.1, 0.15) is 0 Å². The first kappa shape index (κ1) is 8.26. The fourth-order valence-electron chi connectivity index (χ4n) is 1.51. The van der Waals surface area contributed by atoms with E-state index < -0.39 is 0 Å². The van der Waals surface area contributed by atoms with Gasteiger partial charge in [-0.15, -0.1) is 0 Å². The van der Waals surface area contributed by atoms with Gasteiger partial charge >= 0.3 is 0 Å². The Balaban J connectivity index is 2.28. The van der Waals surface area contributed by atoms with Crippen molar-refractivity contribution in [3.63, 3.8) is 0 Å². The molecule has 0 aromatic carbocycles. The first-order valence-corrected chi connectivity index (χ1v) is 4.95. The summed E-state index contributed by atoms with van der Waals surface area (Å²) >= 11 is 3.44. The molecule has 0 spiro atoms. The minimum Gasteiger partial charge on any atom is -0.321 e. The molecule has 66 valence electrons. The molecular formula is C8H12BrN3. The van der Waals surface area contributed by atoms with Crippen LogP contribution in [-0.2, 0) is 13.0 Å². The standard InChI is InChI=1S/C8H12BrN3/c1-11-3-2-7-6-10-8(9)12(7)5-4-11/h6H,2-5H2,1H3. The highest BCUT2D eigenvalue weighted by Gasteiger charge is 2.12. The number of imidazole rings is 1. The van der Waals surface area contributed by atoms with E-state index in [1.165, 1.54) is 5.69 Å². The van der Waals surface area contributed by atoms with Crippen LogP contribution in [0, 0.1) is 0 Å². The summed E-state index contributed by atoms with van der Waals surface area (Å²) < 4.78 is 3.21. The lowest BCUT2D eigenvalue weighted by Gasteiger charge is -2.11. The van der Waals surface area contributed by atoms with Gasteiger partial charge in [-0.3, -0.25) is 0 Å². The Hall–Kier alpha value is -0.350. The lowest BCUT2D eigenvalue weighted by atomic mass is 10.3. The van der Waals surface area contributed by atoms with Crippen molar-refractivity contribution in [1.29, 1.82) is 0 Å². The number of rotatable bonds is 0. The van der Waals surface area contributed by atoms with E-state index in [0.717, 1.165) is 30.8 Å². The predicted octanol–water partition coefficient (Wildman–Crippen LogP) is 1.13. The molecule has 1 aromatic heterocycles. The van der Waals surface area contributed by atoms with Crippen LogP contribution in [0.25, 0.3) is 0 Å². The number of hydrogen-bond acceptors (Lipinski definition) is 2. The van der Waals surface area contributed by atoms with Crippen molar-refractivity contribution in [3.05, 3.63) is 16.6 Å². The normalized spacial score (nSPS) is 18.8. The summed E-state index contributed by atoms with van der Waals surface area (Å²) in [6.07, 6.45) is 3.07. The van der Waals surface area contributed by atoms with Crippen LogP contribution in [-0.4, -0.2) is 34.6 Å².